The predicted molar refractivity (Wildman–Crippen MR) is 57.7 cm³/mol. The summed E-state index contributed by atoms with van der Waals surface area (Å²) in [6.07, 6.45) is 5.08. The number of likely N-dealkylation sites (tertiary alicyclic amines) is 1. The molecule has 0 aromatic carbocycles. The molecule has 2 nitrogen and oxygen atoms in total. The first-order chi connectivity index (χ1) is 6.27. The Morgan fingerprint density at radius 1 is 1.38 bits per heavy atom. The average Bonchev–Trinajstić information content (AvgIpc) is 2.16. The van der Waals surface area contributed by atoms with Crippen molar-refractivity contribution in [1.29, 1.82) is 0 Å². The van der Waals surface area contributed by atoms with Crippen LogP contribution in [0.15, 0.2) is 0 Å². The van der Waals surface area contributed by atoms with E-state index in [0.717, 1.165) is 5.92 Å². The number of piperidine rings is 1. The van der Waals surface area contributed by atoms with Crippen molar-refractivity contribution in [2.75, 3.05) is 19.6 Å². The molecular formula is C11H24N2. The summed E-state index contributed by atoms with van der Waals surface area (Å²) < 4.78 is 0. The predicted octanol–water partition coefficient (Wildman–Crippen LogP) is 1.85. The van der Waals surface area contributed by atoms with E-state index >= 15 is 0 Å². The van der Waals surface area contributed by atoms with Gasteiger partial charge in [-0.15, -0.1) is 0 Å². The van der Waals surface area contributed by atoms with E-state index in [0.29, 0.717) is 6.04 Å². The minimum absolute atomic E-state index is 0.461. The van der Waals surface area contributed by atoms with Gasteiger partial charge in [-0.25, -0.2) is 0 Å². The third-order valence-electron chi connectivity index (χ3n) is 3.23. The number of unbranched alkanes of at least 4 members (excludes halogenated alkanes) is 1. The Morgan fingerprint density at radius 3 is 2.77 bits per heavy atom. The molecule has 1 saturated heterocycles. The van der Waals surface area contributed by atoms with Gasteiger partial charge in [0.25, 0.3) is 0 Å². The van der Waals surface area contributed by atoms with E-state index in [1.165, 1.54) is 45.3 Å². The zero-order chi connectivity index (χ0) is 9.68. The molecule has 2 heteroatoms. The fourth-order valence-electron chi connectivity index (χ4n) is 2.14. The first-order valence-corrected chi connectivity index (χ1v) is 5.75. The standard InChI is InChI=1S/C11H24N2/c1-3-5-7-13-8-6-11(12)10(4-2)9-13/h10-11H,3-9,12H2,1-2H3. The number of nitrogens with two attached hydrogens (primary N) is 1. The molecule has 0 aromatic heterocycles. The molecule has 2 N–H and O–H groups in total. The Balaban J connectivity index is 2.27. The van der Waals surface area contributed by atoms with Gasteiger partial charge in [0.1, 0.15) is 0 Å². The van der Waals surface area contributed by atoms with E-state index < -0.39 is 0 Å². The fourth-order valence-corrected chi connectivity index (χ4v) is 2.14. The maximum absolute atomic E-state index is 6.05. The molecule has 13 heavy (non-hydrogen) atoms. The summed E-state index contributed by atoms with van der Waals surface area (Å²) >= 11 is 0. The Labute approximate surface area is 82.5 Å². The third kappa shape index (κ3) is 3.28. The maximum atomic E-state index is 6.05. The van der Waals surface area contributed by atoms with Crippen molar-refractivity contribution in [2.45, 2.75) is 45.6 Å². The van der Waals surface area contributed by atoms with Gasteiger partial charge in [0.15, 0.2) is 0 Å². The highest BCUT2D eigenvalue weighted by molar-refractivity contribution is 4.81. The second-order valence-electron chi connectivity index (χ2n) is 4.28. The van der Waals surface area contributed by atoms with Crippen LogP contribution in [0.5, 0.6) is 0 Å². The molecule has 1 aliphatic rings. The van der Waals surface area contributed by atoms with Crippen molar-refractivity contribution in [3.8, 4) is 0 Å². The van der Waals surface area contributed by atoms with E-state index in [1.807, 2.05) is 0 Å². The van der Waals surface area contributed by atoms with Crippen LogP contribution in [0.1, 0.15) is 39.5 Å². The maximum Gasteiger partial charge on any atom is 0.00914 e. The molecule has 0 bridgehead atoms. The monoisotopic (exact) mass is 184 g/mol. The van der Waals surface area contributed by atoms with Crippen LogP contribution >= 0.6 is 0 Å². The molecule has 1 heterocycles. The third-order valence-corrected chi connectivity index (χ3v) is 3.23. The first-order valence-electron chi connectivity index (χ1n) is 5.75. The molecule has 0 aromatic rings. The summed E-state index contributed by atoms with van der Waals surface area (Å²) in [6.45, 7) is 8.25. The summed E-state index contributed by atoms with van der Waals surface area (Å²) in [5.74, 6) is 0.741. The van der Waals surface area contributed by atoms with Gasteiger partial charge in [-0.1, -0.05) is 26.7 Å². The van der Waals surface area contributed by atoms with Crippen molar-refractivity contribution in [2.24, 2.45) is 11.7 Å². The van der Waals surface area contributed by atoms with Crippen LogP contribution in [0.25, 0.3) is 0 Å². The molecule has 0 amide bonds. The molecule has 2 unspecified atom stereocenters. The van der Waals surface area contributed by atoms with Crippen molar-refractivity contribution in [3.05, 3.63) is 0 Å². The molecule has 78 valence electrons. The molecule has 0 radical (unpaired) electrons. The Bertz CT molecular complexity index is 134. The molecule has 0 spiro atoms. The van der Waals surface area contributed by atoms with Gasteiger partial charge in [-0.3, -0.25) is 0 Å². The van der Waals surface area contributed by atoms with E-state index in [1.54, 1.807) is 0 Å². The zero-order valence-corrected chi connectivity index (χ0v) is 9.13. The molecule has 1 aliphatic heterocycles. The summed E-state index contributed by atoms with van der Waals surface area (Å²) in [7, 11) is 0. The lowest BCUT2D eigenvalue weighted by Gasteiger charge is -2.36. The summed E-state index contributed by atoms with van der Waals surface area (Å²) in [6, 6.07) is 0.461. The Morgan fingerprint density at radius 2 is 2.15 bits per heavy atom. The SMILES string of the molecule is CCCCN1CCC(N)C(CC)C1. The number of nitrogens with zero attached hydrogens (tertiary/aromatic N) is 1. The van der Waals surface area contributed by atoms with Crippen LogP contribution in [0.2, 0.25) is 0 Å². The molecule has 1 fully saturated rings. The van der Waals surface area contributed by atoms with Gasteiger partial charge in [0.05, 0.1) is 0 Å². The number of rotatable bonds is 4. The highest BCUT2D eigenvalue weighted by Gasteiger charge is 2.24. The van der Waals surface area contributed by atoms with E-state index in [2.05, 4.69) is 18.7 Å². The molecule has 0 aliphatic carbocycles. The summed E-state index contributed by atoms with van der Waals surface area (Å²) in [5.41, 5.74) is 6.05. The fraction of sp³-hybridized carbons (Fsp3) is 1.00. The Kier molecular flexibility index (Phi) is 4.74. The van der Waals surface area contributed by atoms with Crippen LogP contribution in [0, 0.1) is 5.92 Å². The highest BCUT2D eigenvalue weighted by atomic mass is 15.1. The van der Waals surface area contributed by atoms with Gasteiger partial charge in [0, 0.05) is 12.6 Å². The quantitative estimate of drug-likeness (QED) is 0.722. The molecule has 0 saturated carbocycles. The second-order valence-corrected chi connectivity index (χ2v) is 4.28. The van der Waals surface area contributed by atoms with Crippen molar-refractivity contribution in [3.63, 3.8) is 0 Å². The minimum atomic E-state index is 0.461. The lowest BCUT2D eigenvalue weighted by Crippen LogP contribution is -2.47. The Hall–Kier alpha value is -0.0800. The lowest BCUT2D eigenvalue weighted by molar-refractivity contribution is 0.150. The average molecular weight is 184 g/mol. The molecular weight excluding hydrogens is 160 g/mol. The van der Waals surface area contributed by atoms with E-state index in [-0.39, 0.29) is 0 Å². The van der Waals surface area contributed by atoms with Gasteiger partial charge >= 0.3 is 0 Å². The zero-order valence-electron chi connectivity index (χ0n) is 9.13. The van der Waals surface area contributed by atoms with Crippen LogP contribution in [0.4, 0.5) is 0 Å². The second kappa shape index (κ2) is 5.61. The van der Waals surface area contributed by atoms with E-state index in [4.69, 9.17) is 5.73 Å². The minimum Gasteiger partial charge on any atom is -0.327 e. The topological polar surface area (TPSA) is 29.3 Å². The summed E-state index contributed by atoms with van der Waals surface area (Å²) in [5, 5.41) is 0. The van der Waals surface area contributed by atoms with Gasteiger partial charge in [0.2, 0.25) is 0 Å². The van der Waals surface area contributed by atoms with E-state index in [9.17, 15) is 0 Å². The first kappa shape index (κ1) is 11.0. The van der Waals surface area contributed by atoms with Gasteiger partial charge < -0.3 is 10.6 Å². The smallest absolute Gasteiger partial charge is 0.00914 e. The van der Waals surface area contributed by atoms with Crippen molar-refractivity contribution in [1.82, 2.24) is 4.90 Å². The van der Waals surface area contributed by atoms with Crippen LogP contribution in [-0.2, 0) is 0 Å². The van der Waals surface area contributed by atoms with Crippen LogP contribution in [-0.4, -0.2) is 30.6 Å². The highest BCUT2D eigenvalue weighted by Crippen LogP contribution is 2.18. The molecule has 2 atom stereocenters. The normalized spacial score (nSPS) is 30.7. The van der Waals surface area contributed by atoms with Crippen LogP contribution < -0.4 is 5.73 Å². The van der Waals surface area contributed by atoms with Gasteiger partial charge in [-0.05, 0) is 31.8 Å². The van der Waals surface area contributed by atoms with Crippen molar-refractivity contribution < 1.29 is 0 Å². The molecule has 1 rings (SSSR count). The van der Waals surface area contributed by atoms with Crippen molar-refractivity contribution >= 4 is 0 Å². The summed E-state index contributed by atoms with van der Waals surface area (Å²) in [4.78, 5) is 2.58. The number of hydrogen-bond donors (Lipinski definition) is 1. The number of hydrogen-bond acceptors (Lipinski definition) is 2. The van der Waals surface area contributed by atoms with Crippen LogP contribution in [0.3, 0.4) is 0 Å². The largest absolute Gasteiger partial charge is 0.327 e. The van der Waals surface area contributed by atoms with Gasteiger partial charge in [-0.2, -0.15) is 0 Å². The lowest BCUT2D eigenvalue weighted by atomic mass is 9.90.